The lowest BCUT2D eigenvalue weighted by Gasteiger charge is -2.36. The van der Waals surface area contributed by atoms with Crippen molar-refractivity contribution in [3.63, 3.8) is 0 Å². The zero-order valence-corrected chi connectivity index (χ0v) is 11.3. The van der Waals surface area contributed by atoms with Crippen molar-refractivity contribution in [3.05, 3.63) is 29.6 Å². The first-order chi connectivity index (χ1) is 9.06. The highest BCUT2D eigenvalue weighted by molar-refractivity contribution is 5.95. The fourth-order valence-electron chi connectivity index (χ4n) is 2.27. The summed E-state index contributed by atoms with van der Waals surface area (Å²) in [5.74, 6) is -0.211. The molecule has 2 rings (SSSR count). The molecular formula is C14H18N4O. The van der Waals surface area contributed by atoms with Gasteiger partial charge in [-0.2, -0.15) is 5.26 Å². The molecule has 1 aliphatic rings. The molecule has 0 aromatic carbocycles. The molecule has 1 aliphatic heterocycles. The number of nitrogens with one attached hydrogen (secondary N) is 1. The molecule has 5 nitrogen and oxygen atoms in total. The Bertz CT molecular complexity index is 512. The van der Waals surface area contributed by atoms with Crippen molar-refractivity contribution in [3.8, 4) is 6.07 Å². The summed E-state index contributed by atoms with van der Waals surface area (Å²) in [6, 6.07) is 5.74. The first-order valence-corrected chi connectivity index (χ1v) is 6.40. The van der Waals surface area contributed by atoms with Crippen molar-refractivity contribution in [2.45, 2.75) is 25.3 Å². The van der Waals surface area contributed by atoms with Gasteiger partial charge in [-0.1, -0.05) is 0 Å². The highest BCUT2D eigenvalue weighted by atomic mass is 16.1. The molecule has 1 N–H and O–H groups in total. The number of hydrogen-bond acceptors (Lipinski definition) is 4. The Kier molecular flexibility index (Phi) is 3.82. The van der Waals surface area contributed by atoms with Crippen LogP contribution in [0.3, 0.4) is 0 Å². The number of aromatic nitrogens is 1. The fraction of sp³-hybridized carbons (Fsp3) is 0.500. The maximum atomic E-state index is 12.3. The van der Waals surface area contributed by atoms with E-state index in [9.17, 15) is 10.1 Å². The molecule has 100 valence electrons. The van der Waals surface area contributed by atoms with E-state index in [-0.39, 0.29) is 5.91 Å². The van der Waals surface area contributed by atoms with Crippen molar-refractivity contribution >= 4 is 5.91 Å². The van der Waals surface area contributed by atoms with Gasteiger partial charge in [-0.25, -0.2) is 0 Å². The second-order valence-corrected chi connectivity index (χ2v) is 5.09. The Morgan fingerprint density at radius 2 is 2.21 bits per heavy atom. The van der Waals surface area contributed by atoms with Crippen LogP contribution in [0, 0.1) is 18.3 Å². The molecule has 5 heteroatoms. The lowest BCUT2D eigenvalue weighted by atomic mass is 9.89. The predicted octanol–water partition coefficient (Wildman–Crippen LogP) is 1.11. The van der Waals surface area contributed by atoms with Crippen molar-refractivity contribution < 1.29 is 4.79 Å². The van der Waals surface area contributed by atoms with E-state index in [1.165, 1.54) is 0 Å². The maximum Gasteiger partial charge on any atom is 0.254 e. The number of hydrogen-bond donors (Lipinski definition) is 1. The second-order valence-electron chi connectivity index (χ2n) is 5.09. The van der Waals surface area contributed by atoms with Gasteiger partial charge in [0, 0.05) is 25.0 Å². The highest BCUT2D eigenvalue weighted by Crippen LogP contribution is 2.21. The molecule has 19 heavy (non-hydrogen) atoms. The molecule has 0 saturated carbocycles. The average Bonchev–Trinajstić information content (AvgIpc) is 2.42. The fourth-order valence-corrected chi connectivity index (χ4v) is 2.27. The van der Waals surface area contributed by atoms with Crippen LogP contribution in [-0.2, 0) is 0 Å². The normalized spacial score (nSPS) is 18.6. The zero-order chi connectivity index (χ0) is 13.9. The number of nitriles is 1. The van der Waals surface area contributed by atoms with Crippen molar-refractivity contribution in [1.29, 1.82) is 5.26 Å². The van der Waals surface area contributed by atoms with Gasteiger partial charge in [0.05, 0.1) is 11.6 Å². The maximum absolute atomic E-state index is 12.3. The lowest BCUT2D eigenvalue weighted by Crippen LogP contribution is -2.53. The number of piperidine rings is 1. The van der Waals surface area contributed by atoms with Crippen LogP contribution in [-0.4, -0.2) is 41.5 Å². The van der Waals surface area contributed by atoms with Crippen molar-refractivity contribution in [2.75, 3.05) is 20.1 Å². The first-order valence-electron chi connectivity index (χ1n) is 6.40. The summed E-state index contributed by atoms with van der Waals surface area (Å²) in [5, 5.41) is 12.3. The lowest BCUT2D eigenvalue weighted by molar-refractivity contribution is 0.0881. The molecule has 0 bridgehead atoms. The van der Waals surface area contributed by atoms with Gasteiger partial charge in [-0.3, -0.25) is 9.78 Å². The molecule has 0 aliphatic carbocycles. The summed E-state index contributed by atoms with van der Waals surface area (Å²) >= 11 is 0. The minimum Gasteiger partial charge on any atom is -0.334 e. The minimum atomic E-state index is -0.744. The van der Waals surface area contributed by atoms with Crippen molar-refractivity contribution in [1.82, 2.24) is 15.2 Å². The van der Waals surface area contributed by atoms with E-state index in [4.69, 9.17) is 0 Å². The van der Waals surface area contributed by atoms with Gasteiger partial charge in [0.2, 0.25) is 0 Å². The number of rotatable bonds is 2. The number of amides is 1. The molecule has 1 saturated heterocycles. The van der Waals surface area contributed by atoms with E-state index < -0.39 is 5.54 Å². The van der Waals surface area contributed by atoms with Crippen LogP contribution < -0.4 is 5.32 Å². The van der Waals surface area contributed by atoms with Gasteiger partial charge < -0.3 is 10.2 Å². The monoisotopic (exact) mass is 258 g/mol. The standard InChI is InChI=1S/C14H18N4O/c1-11-12(4-3-7-16-11)13(19)17-14(10-15)5-8-18(2)9-6-14/h3-4,7H,5-6,8-9H2,1-2H3,(H,17,19). The first kappa shape index (κ1) is 13.5. The minimum absolute atomic E-state index is 0.211. The predicted molar refractivity (Wildman–Crippen MR) is 71.5 cm³/mol. The molecule has 1 fully saturated rings. The third-order valence-electron chi connectivity index (χ3n) is 3.66. The highest BCUT2D eigenvalue weighted by Gasteiger charge is 2.35. The summed E-state index contributed by atoms with van der Waals surface area (Å²) in [6.07, 6.45) is 2.97. The molecule has 0 atom stereocenters. The van der Waals surface area contributed by atoms with E-state index in [0.717, 1.165) is 13.1 Å². The van der Waals surface area contributed by atoms with E-state index in [0.29, 0.717) is 24.1 Å². The second kappa shape index (κ2) is 5.37. The largest absolute Gasteiger partial charge is 0.334 e. The molecule has 0 spiro atoms. The third kappa shape index (κ3) is 2.91. The molecular weight excluding hydrogens is 240 g/mol. The van der Waals surface area contributed by atoms with Gasteiger partial charge in [0.1, 0.15) is 5.54 Å². The molecule has 0 radical (unpaired) electrons. The van der Waals surface area contributed by atoms with Crippen molar-refractivity contribution in [2.24, 2.45) is 0 Å². The number of carbonyl (C=O) groups is 1. The smallest absolute Gasteiger partial charge is 0.254 e. The zero-order valence-electron chi connectivity index (χ0n) is 11.3. The van der Waals surface area contributed by atoms with Gasteiger partial charge >= 0.3 is 0 Å². The topological polar surface area (TPSA) is 69.0 Å². The molecule has 2 heterocycles. The van der Waals surface area contributed by atoms with E-state index in [1.807, 2.05) is 7.05 Å². The Hall–Kier alpha value is -1.93. The van der Waals surface area contributed by atoms with Crippen LogP contribution in [0.2, 0.25) is 0 Å². The number of aryl methyl sites for hydroxylation is 1. The Labute approximate surface area is 113 Å². The summed E-state index contributed by atoms with van der Waals surface area (Å²) in [5.41, 5.74) is 0.475. The Morgan fingerprint density at radius 1 is 1.53 bits per heavy atom. The van der Waals surface area contributed by atoms with Crippen LogP contribution in [0.4, 0.5) is 0 Å². The van der Waals surface area contributed by atoms with E-state index >= 15 is 0 Å². The number of nitrogens with zero attached hydrogens (tertiary/aromatic N) is 3. The molecule has 1 amide bonds. The SMILES string of the molecule is Cc1ncccc1C(=O)NC1(C#N)CCN(C)CC1. The van der Waals surface area contributed by atoms with Crippen LogP contribution in [0.1, 0.15) is 28.9 Å². The summed E-state index contributed by atoms with van der Waals surface area (Å²) in [6.45, 7) is 3.43. The molecule has 1 aromatic heterocycles. The van der Waals surface area contributed by atoms with Crippen LogP contribution in [0.25, 0.3) is 0 Å². The summed E-state index contributed by atoms with van der Waals surface area (Å²) < 4.78 is 0. The van der Waals surface area contributed by atoms with Gasteiger partial charge in [-0.15, -0.1) is 0 Å². The van der Waals surface area contributed by atoms with Crippen LogP contribution >= 0.6 is 0 Å². The summed E-state index contributed by atoms with van der Waals surface area (Å²) in [7, 11) is 2.02. The van der Waals surface area contributed by atoms with Gasteiger partial charge in [-0.05, 0) is 38.9 Å². The number of pyridine rings is 1. The summed E-state index contributed by atoms with van der Waals surface area (Å²) in [4.78, 5) is 18.5. The van der Waals surface area contributed by atoms with Gasteiger partial charge in [0.25, 0.3) is 5.91 Å². The Morgan fingerprint density at radius 3 is 2.79 bits per heavy atom. The van der Waals surface area contributed by atoms with E-state index in [2.05, 4.69) is 21.3 Å². The van der Waals surface area contributed by atoms with E-state index in [1.54, 1.807) is 25.3 Å². The molecule has 1 aromatic rings. The quantitative estimate of drug-likeness (QED) is 0.862. The Balaban J connectivity index is 2.14. The van der Waals surface area contributed by atoms with Crippen LogP contribution in [0.5, 0.6) is 0 Å². The number of carbonyl (C=O) groups excluding carboxylic acids is 1. The van der Waals surface area contributed by atoms with Crippen LogP contribution in [0.15, 0.2) is 18.3 Å². The number of likely N-dealkylation sites (tertiary alicyclic amines) is 1. The molecule has 0 unspecified atom stereocenters. The third-order valence-corrected chi connectivity index (χ3v) is 3.66. The van der Waals surface area contributed by atoms with Gasteiger partial charge in [0.15, 0.2) is 0 Å². The average molecular weight is 258 g/mol.